The molecule has 1 saturated carbocycles. The maximum Gasteiger partial charge on any atom is 0.126 e. The number of nitrogens with one attached hydrogen (secondary N) is 1. The average molecular weight is 265 g/mol. The van der Waals surface area contributed by atoms with E-state index in [4.69, 9.17) is 0 Å². The molecule has 0 bridgehead atoms. The van der Waals surface area contributed by atoms with Crippen LogP contribution in [-0.4, -0.2) is 17.8 Å². The van der Waals surface area contributed by atoms with E-state index in [0.717, 1.165) is 31.4 Å². The van der Waals surface area contributed by atoms with Gasteiger partial charge in [0.2, 0.25) is 0 Å². The molecular weight excluding hydrogens is 241 g/mol. The summed E-state index contributed by atoms with van der Waals surface area (Å²) in [4.78, 5) is 0. The van der Waals surface area contributed by atoms with Gasteiger partial charge in [-0.15, -0.1) is 0 Å². The van der Waals surface area contributed by atoms with E-state index in [1.54, 1.807) is 13.0 Å². The standard InChI is InChI=1S/C16H24FNO/c1-11-7-8-13(9-15(11)17)12(2)18-10-14-5-3-4-6-16(14)19/h7-9,12,14,16,18-19H,3-6,10H2,1-2H3. The molecule has 1 aliphatic carbocycles. The van der Waals surface area contributed by atoms with Gasteiger partial charge < -0.3 is 10.4 Å². The summed E-state index contributed by atoms with van der Waals surface area (Å²) in [7, 11) is 0. The van der Waals surface area contributed by atoms with E-state index < -0.39 is 0 Å². The Labute approximate surface area is 115 Å². The van der Waals surface area contributed by atoms with Gasteiger partial charge in [-0.1, -0.05) is 25.0 Å². The molecule has 0 aromatic heterocycles. The lowest BCUT2D eigenvalue weighted by Gasteiger charge is -2.29. The predicted octanol–water partition coefficient (Wildman–Crippen LogP) is 3.34. The predicted molar refractivity (Wildman–Crippen MR) is 75.5 cm³/mol. The van der Waals surface area contributed by atoms with Crippen molar-refractivity contribution in [1.29, 1.82) is 0 Å². The molecule has 2 rings (SSSR count). The van der Waals surface area contributed by atoms with E-state index in [-0.39, 0.29) is 18.0 Å². The largest absolute Gasteiger partial charge is 0.393 e. The Bertz CT molecular complexity index is 421. The highest BCUT2D eigenvalue weighted by atomic mass is 19.1. The van der Waals surface area contributed by atoms with Crippen molar-refractivity contribution in [2.24, 2.45) is 5.92 Å². The zero-order valence-electron chi connectivity index (χ0n) is 11.8. The molecule has 1 fully saturated rings. The fourth-order valence-corrected chi connectivity index (χ4v) is 2.75. The van der Waals surface area contributed by atoms with Crippen molar-refractivity contribution in [1.82, 2.24) is 5.32 Å². The van der Waals surface area contributed by atoms with Crippen LogP contribution in [0.2, 0.25) is 0 Å². The number of aryl methyl sites for hydroxylation is 1. The van der Waals surface area contributed by atoms with Crippen molar-refractivity contribution in [3.05, 3.63) is 35.1 Å². The minimum atomic E-state index is -0.178. The quantitative estimate of drug-likeness (QED) is 0.875. The van der Waals surface area contributed by atoms with Crippen LogP contribution < -0.4 is 5.32 Å². The van der Waals surface area contributed by atoms with Crippen molar-refractivity contribution in [2.45, 2.75) is 51.7 Å². The molecule has 2 nitrogen and oxygen atoms in total. The zero-order chi connectivity index (χ0) is 13.8. The number of halogens is 1. The summed E-state index contributed by atoms with van der Waals surface area (Å²) in [5.74, 6) is 0.190. The number of hydrogen-bond donors (Lipinski definition) is 2. The van der Waals surface area contributed by atoms with E-state index in [1.807, 2.05) is 19.1 Å². The maximum atomic E-state index is 13.5. The van der Waals surface area contributed by atoms with Crippen molar-refractivity contribution < 1.29 is 9.50 Å². The number of hydrogen-bond acceptors (Lipinski definition) is 2. The van der Waals surface area contributed by atoms with Crippen LogP contribution in [0.1, 0.15) is 49.8 Å². The van der Waals surface area contributed by atoms with Gasteiger partial charge in [0.25, 0.3) is 0 Å². The highest BCUT2D eigenvalue weighted by Gasteiger charge is 2.23. The van der Waals surface area contributed by atoms with Crippen LogP contribution >= 0.6 is 0 Å². The van der Waals surface area contributed by atoms with Gasteiger partial charge in [-0.25, -0.2) is 4.39 Å². The van der Waals surface area contributed by atoms with Gasteiger partial charge in [-0.3, -0.25) is 0 Å². The fourth-order valence-electron chi connectivity index (χ4n) is 2.75. The zero-order valence-corrected chi connectivity index (χ0v) is 11.8. The second-order valence-electron chi connectivity index (χ2n) is 5.75. The smallest absolute Gasteiger partial charge is 0.126 e. The molecule has 0 heterocycles. The van der Waals surface area contributed by atoms with Gasteiger partial charge in [0, 0.05) is 12.6 Å². The SMILES string of the molecule is Cc1ccc(C(C)NCC2CCCCC2O)cc1F. The molecule has 2 N–H and O–H groups in total. The third-order valence-corrected chi connectivity index (χ3v) is 4.25. The number of benzene rings is 1. The van der Waals surface area contributed by atoms with Gasteiger partial charge in [-0.2, -0.15) is 0 Å². The van der Waals surface area contributed by atoms with Crippen molar-refractivity contribution >= 4 is 0 Å². The summed E-state index contributed by atoms with van der Waals surface area (Å²) >= 11 is 0. The Morgan fingerprint density at radius 1 is 1.37 bits per heavy atom. The summed E-state index contributed by atoms with van der Waals surface area (Å²) < 4.78 is 13.5. The van der Waals surface area contributed by atoms with Crippen LogP contribution in [-0.2, 0) is 0 Å². The van der Waals surface area contributed by atoms with Gasteiger partial charge >= 0.3 is 0 Å². The lowest BCUT2D eigenvalue weighted by atomic mass is 9.86. The molecule has 0 amide bonds. The molecule has 1 aromatic carbocycles. The Hall–Kier alpha value is -0.930. The first-order chi connectivity index (χ1) is 9.08. The molecule has 0 radical (unpaired) electrons. The molecule has 0 saturated heterocycles. The number of rotatable bonds is 4. The normalized spacial score (nSPS) is 25.3. The highest BCUT2D eigenvalue weighted by molar-refractivity contribution is 5.25. The summed E-state index contributed by atoms with van der Waals surface area (Å²) in [6.07, 6.45) is 4.17. The third kappa shape index (κ3) is 3.77. The monoisotopic (exact) mass is 265 g/mol. The number of aliphatic hydroxyl groups excluding tert-OH is 1. The summed E-state index contributed by atoms with van der Waals surface area (Å²) in [6.45, 7) is 4.62. The average Bonchev–Trinajstić information content (AvgIpc) is 2.40. The summed E-state index contributed by atoms with van der Waals surface area (Å²) in [5, 5.41) is 13.4. The van der Waals surface area contributed by atoms with Crippen LogP contribution in [0, 0.1) is 18.7 Å². The van der Waals surface area contributed by atoms with Crippen LogP contribution in [0.5, 0.6) is 0 Å². The third-order valence-electron chi connectivity index (χ3n) is 4.25. The lowest BCUT2D eigenvalue weighted by molar-refractivity contribution is 0.0684. The molecular formula is C16H24FNO. The molecule has 3 unspecified atom stereocenters. The van der Waals surface area contributed by atoms with Gasteiger partial charge in [0.1, 0.15) is 5.82 Å². The van der Waals surface area contributed by atoms with Crippen molar-refractivity contribution in [2.75, 3.05) is 6.54 Å². The Balaban J connectivity index is 1.89. The topological polar surface area (TPSA) is 32.3 Å². The van der Waals surface area contributed by atoms with Crippen LogP contribution in [0.15, 0.2) is 18.2 Å². The molecule has 3 heteroatoms. The van der Waals surface area contributed by atoms with Crippen molar-refractivity contribution in [3.63, 3.8) is 0 Å². The minimum absolute atomic E-state index is 0.115. The minimum Gasteiger partial charge on any atom is -0.393 e. The van der Waals surface area contributed by atoms with Crippen LogP contribution in [0.4, 0.5) is 4.39 Å². The first-order valence-corrected chi connectivity index (χ1v) is 7.25. The van der Waals surface area contributed by atoms with E-state index in [2.05, 4.69) is 5.32 Å². The molecule has 1 aliphatic rings. The van der Waals surface area contributed by atoms with Gasteiger partial charge in [0.05, 0.1) is 6.10 Å². The summed E-state index contributed by atoms with van der Waals surface area (Å²) in [5.41, 5.74) is 1.65. The number of aliphatic hydroxyl groups is 1. The molecule has 3 atom stereocenters. The van der Waals surface area contributed by atoms with Gasteiger partial charge in [0.15, 0.2) is 0 Å². The van der Waals surface area contributed by atoms with E-state index in [9.17, 15) is 9.50 Å². The van der Waals surface area contributed by atoms with Crippen LogP contribution in [0.25, 0.3) is 0 Å². The molecule has 0 spiro atoms. The Kier molecular flexibility index (Phi) is 4.94. The molecule has 19 heavy (non-hydrogen) atoms. The fraction of sp³-hybridized carbons (Fsp3) is 0.625. The first-order valence-electron chi connectivity index (χ1n) is 7.25. The molecule has 1 aromatic rings. The van der Waals surface area contributed by atoms with E-state index in [0.29, 0.717) is 11.5 Å². The molecule has 0 aliphatic heterocycles. The van der Waals surface area contributed by atoms with Gasteiger partial charge in [-0.05, 0) is 49.8 Å². The Morgan fingerprint density at radius 2 is 2.11 bits per heavy atom. The first kappa shape index (κ1) is 14.5. The van der Waals surface area contributed by atoms with Crippen LogP contribution in [0.3, 0.4) is 0 Å². The van der Waals surface area contributed by atoms with Crippen molar-refractivity contribution in [3.8, 4) is 0 Å². The second-order valence-corrected chi connectivity index (χ2v) is 5.75. The molecule has 106 valence electrons. The van der Waals surface area contributed by atoms with E-state index >= 15 is 0 Å². The summed E-state index contributed by atoms with van der Waals surface area (Å²) in [6, 6.07) is 5.50. The van der Waals surface area contributed by atoms with E-state index in [1.165, 1.54) is 6.42 Å². The highest BCUT2D eigenvalue weighted by Crippen LogP contribution is 2.24. The Morgan fingerprint density at radius 3 is 2.79 bits per heavy atom. The maximum absolute atomic E-state index is 13.5. The second kappa shape index (κ2) is 6.49. The lowest BCUT2D eigenvalue weighted by Crippen LogP contribution is -2.34.